The molecule has 0 saturated heterocycles. The van der Waals surface area contributed by atoms with Crippen molar-refractivity contribution in [3.05, 3.63) is 23.9 Å². The number of aliphatic hydroxyl groups excluding tert-OH is 1. The molecule has 1 saturated carbocycles. The van der Waals surface area contributed by atoms with E-state index in [4.69, 9.17) is 5.11 Å². The van der Waals surface area contributed by atoms with Gasteiger partial charge in [0.15, 0.2) is 0 Å². The fourth-order valence-corrected chi connectivity index (χ4v) is 2.17. The second-order valence-corrected chi connectivity index (χ2v) is 5.70. The number of aromatic nitrogens is 1. The lowest BCUT2D eigenvalue weighted by molar-refractivity contribution is 0.301. The highest BCUT2D eigenvalue weighted by atomic mass is 16.3. The lowest BCUT2D eigenvalue weighted by Crippen LogP contribution is -2.29. The summed E-state index contributed by atoms with van der Waals surface area (Å²) in [6.07, 6.45) is 4.38. The minimum atomic E-state index is 0.190. The van der Waals surface area contributed by atoms with E-state index in [0.29, 0.717) is 18.5 Å². The average Bonchev–Trinajstić information content (AvgIpc) is 3.21. The molecule has 0 amide bonds. The molecule has 1 heterocycles. The van der Waals surface area contributed by atoms with Gasteiger partial charge in [-0.3, -0.25) is 0 Å². The second-order valence-electron chi connectivity index (χ2n) is 5.70. The van der Waals surface area contributed by atoms with Gasteiger partial charge in [0, 0.05) is 25.3 Å². The highest BCUT2D eigenvalue weighted by Crippen LogP contribution is 2.30. The number of rotatable bonds is 8. The van der Waals surface area contributed by atoms with Crippen molar-refractivity contribution in [3.8, 4) is 0 Å². The van der Waals surface area contributed by atoms with Crippen LogP contribution in [0.15, 0.2) is 18.3 Å². The maximum absolute atomic E-state index is 9.12. The minimum absolute atomic E-state index is 0.190. The minimum Gasteiger partial charge on any atom is -0.395 e. The second kappa shape index (κ2) is 6.87. The third-order valence-electron chi connectivity index (χ3n) is 3.31. The summed E-state index contributed by atoms with van der Waals surface area (Å²) in [6, 6.07) is 4.78. The predicted molar refractivity (Wildman–Crippen MR) is 78.2 cm³/mol. The van der Waals surface area contributed by atoms with Gasteiger partial charge in [-0.25, -0.2) is 4.98 Å². The van der Waals surface area contributed by atoms with Crippen molar-refractivity contribution >= 4 is 5.82 Å². The molecule has 0 atom stereocenters. The van der Waals surface area contributed by atoms with E-state index in [1.807, 2.05) is 6.20 Å². The third-order valence-corrected chi connectivity index (χ3v) is 3.31. The lowest BCUT2D eigenvalue weighted by Gasteiger charge is -2.22. The molecule has 0 aromatic carbocycles. The zero-order valence-electron chi connectivity index (χ0n) is 12.0. The monoisotopic (exact) mass is 263 g/mol. The predicted octanol–water partition coefficient (Wildman–Crippen LogP) is 1.79. The summed E-state index contributed by atoms with van der Waals surface area (Å²) in [5.74, 6) is 1.66. The van der Waals surface area contributed by atoms with Gasteiger partial charge in [-0.1, -0.05) is 19.9 Å². The molecule has 1 aromatic heterocycles. The first-order valence-corrected chi connectivity index (χ1v) is 7.24. The molecule has 4 nitrogen and oxygen atoms in total. The van der Waals surface area contributed by atoms with Gasteiger partial charge in [-0.2, -0.15) is 0 Å². The standard InChI is InChI=1S/C15H25N3O/c1-12(2)9-16-10-13-3-6-15(17-11-13)18(7-8-19)14-4-5-14/h3,6,11-12,14,16,19H,4-5,7-10H2,1-2H3. The van der Waals surface area contributed by atoms with Crippen molar-refractivity contribution in [2.45, 2.75) is 39.3 Å². The first-order valence-electron chi connectivity index (χ1n) is 7.24. The van der Waals surface area contributed by atoms with E-state index >= 15 is 0 Å². The zero-order valence-corrected chi connectivity index (χ0v) is 12.0. The van der Waals surface area contributed by atoms with Crippen LogP contribution >= 0.6 is 0 Å². The Hall–Kier alpha value is -1.13. The summed E-state index contributed by atoms with van der Waals surface area (Å²) in [4.78, 5) is 6.75. The van der Waals surface area contributed by atoms with Crippen LogP contribution in [0.1, 0.15) is 32.3 Å². The van der Waals surface area contributed by atoms with Crippen LogP contribution in [-0.4, -0.2) is 35.8 Å². The highest BCUT2D eigenvalue weighted by Gasteiger charge is 2.29. The molecule has 1 aliphatic rings. The molecule has 0 aliphatic heterocycles. The molecule has 1 fully saturated rings. The van der Waals surface area contributed by atoms with Crippen LogP contribution in [0.3, 0.4) is 0 Å². The number of aliphatic hydroxyl groups is 1. The van der Waals surface area contributed by atoms with Crippen LogP contribution < -0.4 is 10.2 Å². The number of pyridine rings is 1. The highest BCUT2D eigenvalue weighted by molar-refractivity contribution is 5.42. The number of nitrogens with zero attached hydrogens (tertiary/aromatic N) is 2. The van der Waals surface area contributed by atoms with Crippen molar-refractivity contribution in [3.63, 3.8) is 0 Å². The molecule has 0 bridgehead atoms. The third kappa shape index (κ3) is 4.48. The van der Waals surface area contributed by atoms with Crippen molar-refractivity contribution < 1.29 is 5.11 Å². The Morgan fingerprint density at radius 3 is 2.74 bits per heavy atom. The summed E-state index contributed by atoms with van der Waals surface area (Å²) >= 11 is 0. The van der Waals surface area contributed by atoms with Gasteiger partial charge in [-0.05, 0) is 36.9 Å². The van der Waals surface area contributed by atoms with Gasteiger partial charge in [0.05, 0.1) is 6.61 Å². The van der Waals surface area contributed by atoms with E-state index < -0.39 is 0 Å². The Morgan fingerprint density at radius 1 is 1.42 bits per heavy atom. The van der Waals surface area contributed by atoms with Crippen LogP contribution in [-0.2, 0) is 6.54 Å². The van der Waals surface area contributed by atoms with Gasteiger partial charge in [-0.15, -0.1) is 0 Å². The number of hydrogen-bond donors (Lipinski definition) is 2. The molecule has 1 aliphatic carbocycles. The Bertz CT molecular complexity index is 373. The van der Waals surface area contributed by atoms with Crippen molar-refractivity contribution in [2.24, 2.45) is 5.92 Å². The lowest BCUT2D eigenvalue weighted by atomic mass is 10.2. The van der Waals surface area contributed by atoms with E-state index in [1.54, 1.807) is 0 Å². The fraction of sp³-hybridized carbons (Fsp3) is 0.667. The largest absolute Gasteiger partial charge is 0.395 e. The SMILES string of the molecule is CC(C)CNCc1ccc(N(CCO)C2CC2)nc1. The maximum atomic E-state index is 9.12. The summed E-state index contributed by atoms with van der Waals surface area (Å²) < 4.78 is 0. The van der Waals surface area contributed by atoms with Gasteiger partial charge >= 0.3 is 0 Å². The van der Waals surface area contributed by atoms with Crippen molar-refractivity contribution in [1.29, 1.82) is 0 Å². The summed E-state index contributed by atoms with van der Waals surface area (Å²) in [5, 5.41) is 12.5. The molecule has 1 aromatic rings. The molecule has 4 heteroatoms. The molecular weight excluding hydrogens is 238 g/mol. The zero-order chi connectivity index (χ0) is 13.7. The van der Waals surface area contributed by atoms with Gasteiger partial charge in [0.1, 0.15) is 5.82 Å². The molecule has 2 N–H and O–H groups in total. The molecule has 0 spiro atoms. The summed E-state index contributed by atoms with van der Waals surface area (Å²) in [5.41, 5.74) is 1.21. The molecule has 0 radical (unpaired) electrons. The van der Waals surface area contributed by atoms with Crippen LogP contribution in [0, 0.1) is 5.92 Å². The summed E-state index contributed by atoms with van der Waals surface area (Å²) in [6.45, 7) is 7.18. The van der Waals surface area contributed by atoms with E-state index in [1.165, 1.54) is 18.4 Å². The fourth-order valence-electron chi connectivity index (χ4n) is 2.17. The molecule has 19 heavy (non-hydrogen) atoms. The summed E-state index contributed by atoms with van der Waals surface area (Å²) in [7, 11) is 0. The van der Waals surface area contributed by atoms with E-state index in [-0.39, 0.29) is 6.61 Å². The molecular formula is C15H25N3O. The van der Waals surface area contributed by atoms with Gasteiger partial charge in [0.25, 0.3) is 0 Å². The first kappa shape index (κ1) is 14.3. The Morgan fingerprint density at radius 2 is 2.21 bits per heavy atom. The molecule has 2 rings (SSSR count). The maximum Gasteiger partial charge on any atom is 0.128 e. The molecule has 106 valence electrons. The van der Waals surface area contributed by atoms with Crippen LogP contribution in [0.25, 0.3) is 0 Å². The number of anilines is 1. The first-order chi connectivity index (χ1) is 9.20. The van der Waals surface area contributed by atoms with E-state index in [2.05, 4.69) is 41.2 Å². The van der Waals surface area contributed by atoms with Crippen LogP contribution in [0.5, 0.6) is 0 Å². The Labute approximate surface area is 115 Å². The smallest absolute Gasteiger partial charge is 0.128 e. The van der Waals surface area contributed by atoms with Crippen molar-refractivity contribution in [1.82, 2.24) is 10.3 Å². The topological polar surface area (TPSA) is 48.4 Å². The van der Waals surface area contributed by atoms with Crippen LogP contribution in [0.2, 0.25) is 0 Å². The number of nitrogens with one attached hydrogen (secondary N) is 1. The number of hydrogen-bond acceptors (Lipinski definition) is 4. The van der Waals surface area contributed by atoms with E-state index in [9.17, 15) is 0 Å². The van der Waals surface area contributed by atoms with Crippen molar-refractivity contribution in [2.75, 3.05) is 24.6 Å². The quantitative estimate of drug-likeness (QED) is 0.751. The van der Waals surface area contributed by atoms with Crippen LogP contribution in [0.4, 0.5) is 5.82 Å². The molecule has 0 unspecified atom stereocenters. The van der Waals surface area contributed by atoms with Gasteiger partial charge in [0.2, 0.25) is 0 Å². The Kier molecular flexibility index (Phi) is 5.16. The van der Waals surface area contributed by atoms with Gasteiger partial charge < -0.3 is 15.3 Å². The normalized spacial score (nSPS) is 14.9. The van der Waals surface area contributed by atoms with E-state index in [0.717, 1.165) is 18.9 Å². The average molecular weight is 263 g/mol. The Balaban J connectivity index is 1.89.